The maximum atomic E-state index is 12.5. The van der Waals surface area contributed by atoms with Crippen LogP contribution in [0.2, 0.25) is 0 Å². The van der Waals surface area contributed by atoms with E-state index in [9.17, 15) is 4.79 Å². The molecule has 4 heterocycles. The summed E-state index contributed by atoms with van der Waals surface area (Å²) < 4.78 is 11.0. The number of thiophene rings is 1. The van der Waals surface area contributed by atoms with Crippen molar-refractivity contribution in [2.24, 2.45) is 0 Å². The van der Waals surface area contributed by atoms with Crippen LogP contribution in [0, 0.1) is 0 Å². The van der Waals surface area contributed by atoms with Crippen LogP contribution in [0.1, 0.15) is 45.9 Å². The first-order chi connectivity index (χ1) is 12.8. The van der Waals surface area contributed by atoms with Crippen molar-refractivity contribution in [3.63, 3.8) is 0 Å². The summed E-state index contributed by atoms with van der Waals surface area (Å²) in [5, 5.41) is 6.10. The smallest absolute Gasteiger partial charge is 0.410 e. The molecule has 27 heavy (non-hydrogen) atoms. The summed E-state index contributed by atoms with van der Waals surface area (Å²) in [5.74, 6) is 1.28. The third-order valence-electron chi connectivity index (χ3n) is 5.26. The molecule has 0 N–H and O–H groups in total. The maximum Gasteiger partial charge on any atom is 0.410 e. The van der Waals surface area contributed by atoms with Crippen molar-refractivity contribution in [2.75, 3.05) is 19.6 Å². The second-order valence-electron chi connectivity index (χ2n) is 8.39. The van der Waals surface area contributed by atoms with Gasteiger partial charge in [0, 0.05) is 25.2 Å². The Balaban J connectivity index is 1.41. The highest BCUT2D eigenvalue weighted by atomic mass is 32.1. The van der Waals surface area contributed by atoms with Crippen LogP contribution in [-0.2, 0) is 11.3 Å². The van der Waals surface area contributed by atoms with Crippen LogP contribution in [0.3, 0.4) is 0 Å². The van der Waals surface area contributed by atoms with E-state index in [1.807, 2.05) is 43.2 Å². The first-order valence-corrected chi connectivity index (χ1v) is 10.3. The van der Waals surface area contributed by atoms with Crippen molar-refractivity contribution >= 4 is 17.4 Å². The zero-order chi connectivity index (χ0) is 19.1. The molecule has 2 aromatic heterocycles. The Morgan fingerprint density at radius 1 is 1.37 bits per heavy atom. The average molecular weight is 391 g/mol. The van der Waals surface area contributed by atoms with Crippen molar-refractivity contribution in [2.45, 2.75) is 57.7 Å². The van der Waals surface area contributed by atoms with E-state index < -0.39 is 5.60 Å². The van der Waals surface area contributed by atoms with Crippen molar-refractivity contribution < 1.29 is 14.1 Å². The largest absolute Gasteiger partial charge is 0.444 e. The minimum atomic E-state index is -0.469. The summed E-state index contributed by atoms with van der Waals surface area (Å²) in [7, 11) is 0. The Bertz CT molecular complexity index is 798. The van der Waals surface area contributed by atoms with E-state index in [4.69, 9.17) is 9.26 Å². The molecule has 2 aliphatic rings. The Labute approximate surface area is 163 Å². The van der Waals surface area contributed by atoms with Crippen molar-refractivity contribution in [1.29, 1.82) is 0 Å². The lowest BCUT2D eigenvalue weighted by atomic mass is 9.77. The predicted molar refractivity (Wildman–Crippen MR) is 102 cm³/mol. The van der Waals surface area contributed by atoms with Gasteiger partial charge >= 0.3 is 6.09 Å². The van der Waals surface area contributed by atoms with Crippen LogP contribution in [0.4, 0.5) is 4.79 Å². The third kappa shape index (κ3) is 3.87. The van der Waals surface area contributed by atoms with Crippen molar-refractivity contribution in [1.82, 2.24) is 19.9 Å². The molecule has 2 aromatic rings. The average Bonchev–Trinajstić information content (AvgIpc) is 3.28. The number of amides is 1. The molecular formula is C19H26N4O3S. The fourth-order valence-electron chi connectivity index (χ4n) is 3.88. The molecule has 146 valence electrons. The van der Waals surface area contributed by atoms with E-state index in [1.165, 1.54) is 0 Å². The van der Waals surface area contributed by atoms with Crippen LogP contribution < -0.4 is 0 Å². The molecule has 1 amide bonds. The van der Waals surface area contributed by atoms with Gasteiger partial charge in [0.25, 0.3) is 0 Å². The molecule has 0 saturated carbocycles. The van der Waals surface area contributed by atoms with Crippen LogP contribution in [0.5, 0.6) is 0 Å². The highest BCUT2D eigenvalue weighted by Gasteiger charge is 2.49. The zero-order valence-corrected chi connectivity index (χ0v) is 16.9. The lowest BCUT2D eigenvalue weighted by molar-refractivity contribution is -0.0783. The Kier molecular flexibility index (Phi) is 4.71. The molecule has 7 nitrogen and oxygen atoms in total. The van der Waals surface area contributed by atoms with Gasteiger partial charge in [-0.3, -0.25) is 4.90 Å². The van der Waals surface area contributed by atoms with E-state index in [2.05, 4.69) is 15.0 Å². The molecule has 2 aliphatic heterocycles. The normalized spacial score (nSPS) is 23.4. The summed E-state index contributed by atoms with van der Waals surface area (Å²) in [5.41, 5.74) is -0.463. The lowest BCUT2D eigenvalue weighted by Gasteiger charge is -2.56. The van der Waals surface area contributed by atoms with Gasteiger partial charge in [-0.05, 0) is 51.5 Å². The Morgan fingerprint density at radius 2 is 2.22 bits per heavy atom. The number of hydrogen-bond acceptors (Lipinski definition) is 7. The molecule has 2 saturated heterocycles. The minimum Gasteiger partial charge on any atom is -0.444 e. The van der Waals surface area contributed by atoms with E-state index in [1.54, 1.807) is 11.3 Å². The number of aromatic nitrogens is 2. The summed E-state index contributed by atoms with van der Waals surface area (Å²) in [6.45, 7) is 8.78. The molecule has 1 spiro atoms. The van der Waals surface area contributed by atoms with E-state index >= 15 is 0 Å². The molecule has 0 bridgehead atoms. The van der Waals surface area contributed by atoms with Crippen LogP contribution in [0.15, 0.2) is 22.0 Å². The molecule has 4 rings (SSSR count). The molecule has 0 aliphatic carbocycles. The van der Waals surface area contributed by atoms with Crippen molar-refractivity contribution in [3.8, 4) is 10.7 Å². The zero-order valence-electron chi connectivity index (χ0n) is 16.1. The quantitative estimate of drug-likeness (QED) is 0.794. The molecule has 8 heteroatoms. The topological polar surface area (TPSA) is 71.7 Å². The number of nitrogens with zero attached hydrogens (tertiary/aromatic N) is 4. The molecule has 1 atom stereocenters. The Hall–Kier alpha value is -1.93. The number of likely N-dealkylation sites (tertiary alicyclic amines) is 2. The summed E-state index contributed by atoms with van der Waals surface area (Å²) >= 11 is 1.60. The van der Waals surface area contributed by atoms with Gasteiger partial charge in [0.1, 0.15) is 5.60 Å². The van der Waals surface area contributed by atoms with Gasteiger partial charge < -0.3 is 14.2 Å². The first-order valence-electron chi connectivity index (χ1n) is 9.44. The van der Waals surface area contributed by atoms with Gasteiger partial charge in [-0.25, -0.2) is 4.79 Å². The SMILES string of the molecule is CC(C)(C)OC(=O)N1CCC[C@@]2(CCN2Cc2nc(-c3cccs3)no2)C1. The van der Waals surface area contributed by atoms with Gasteiger partial charge in [0.15, 0.2) is 0 Å². The van der Waals surface area contributed by atoms with E-state index in [0.29, 0.717) is 24.8 Å². The number of carbonyl (C=O) groups excluding carboxylic acids is 1. The monoisotopic (exact) mass is 390 g/mol. The fourth-order valence-corrected chi connectivity index (χ4v) is 4.53. The van der Waals surface area contributed by atoms with Crippen LogP contribution >= 0.6 is 11.3 Å². The van der Waals surface area contributed by atoms with Gasteiger partial charge in [-0.1, -0.05) is 11.2 Å². The highest BCUT2D eigenvalue weighted by molar-refractivity contribution is 7.13. The predicted octanol–water partition coefficient (Wildman–Crippen LogP) is 3.77. The fraction of sp³-hybridized carbons (Fsp3) is 0.632. The summed E-state index contributed by atoms with van der Waals surface area (Å²) in [6, 6.07) is 3.97. The molecule has 0 radical (unpaired) electrons. The lowest BCUT2D eigenvalue weighted by Crippen LogP contribution is -2.67. The van der Waals surface area contributed by atoms with Crippen LogP contribution in [-0.4, -0.2) is 56.8 Å². The maximum absolute atomic E-state index is 12.5. The summed E-state index contributed by atoms with van der Waals surface area (Å²) in [6.07, 6.45) is 2.93. The minimum absolute atomic E-state index is 0.00667. The number of piperidine rings is 1. The number of hydrogen-bond donors (Lipinski definition) is 0. The molecule has 0 aromatic carbocycles. The number of rotatable bonds is 3. The van der Waals surface area contributed by atoms with Crippen molar-refractivity contribution in [3.05, 3.63) is 23.4 Å². The van der Waals surface area contributed by atoms with Gasteiger partial charge in [0.2, 0.25) is 11.7 Å². The number of ether oxygens (including phenoxy) is 1. The van der Waals surface area contributed by atoms with E-state index in [-0.39, 0.29) is 11.6 Å². The second kappa shape index (κ2) is 6.91. The molecule has 2 fully saturated rings. The summed E-state index contributed by atoms with van der Waals surface area (Å²) in [4.78, 5) is 22.3. The molecule has 0 unspecified atom stereocenters. The van der Waals surface area contributed by atoms with Gasteiger partial charge in [-0.2, -0.15) is 4.98 Å². The van der Waals surface area contributed by atoms with Gasteiger partial charge in [-0.15, -0.1) is 11.3 Å². The van der Waals surface area contributed by atoms with Gasteiger partial charge in [0.05, 0.1) is 11.4 Å². The van der Waals surface area contributed by atoms with E-state index in [0.717, 1.165) is 37.2 Å². The molecular weight excluding hydrogens is 364 g/mol. The standard InChI is InChI=1S/C19H26N4O3S/c1-18(2,3)25-17(24)22-9-5-7-19(13-22)8-10-23(19)12-15-20-16(21-26-15)14-6-4-11-27-14/h4,6,11H,5,7-10,12-13H2,1-3H3/t19-/m1/s1. The third-order valence-corrected chi connectivity index (χ3v) is 6.13. The van der Waals surface area contributed by atoms with Crippen LogP contribution in [0.25, 0.3) is 10.7 Å². The number of carbonyl (C=O) groups is 1. The highest BCUT2D eigenvalue weighted by Crippen LogP contribution is 2.40. The Morgan fingerprint density at radius 3 is 2.89 bits per heavy atom. The first kappa shape index (κ1) is 18.4. The second-order valence-corrected chi connectivity index (χ2v) is 9.34.